The SMILES string of the molecule is COc1ccc(NC(=O)c2sc(N)nc2C)cc1Br. The van der Waals surface area contributed by atoms with Crippen molar-refractivity contribution >= 4 is 44.0 Å². The normalized spacial score (nSPS) is 10.3. The monoisotopic (exact) mass is 341 g/mol. The number of ether oxygens (including phenoxy) is 1. The maximum atomic E-state index is 12.1. The summed E-state index contributed by atoms with van der Waals surface area (Å²) in [6.45, 7) is 1.76. The van der Waals surface area contributed by atoms with Crippen molar-refractivity contribution in [3.8, 4) is 5.75 Å². The van der Waals surface area contributed by atoms with Gasteiger partial charge in [0.25, 0.3) is 5.91 Å². The highest BCUT2D eigenvalue weighted by Gasteiger charge is 2.14. The number of rotatable bonds is 3. The number of benzene rings is 1. The van der Waals surface area contributed by atoms with Crippen LogP contribution in [0.2, 0.25) is 0 Å². The average Bonchev–Trinajstić information content (AvgIpc) is 2.69. The van der Waals surface area contributed by atoms with Gasteiger partial charge >= 0.3 is 0 Å². The highest BCUT2D eigenvalue weighted by molar-refractivity contribution is 9.10. The first-order valence-corrected chi connectivity index (χ1v) is 7.00. The van der Waals surface area contributed by atoms with Crippen molar-refractivity contribution in [1.29, 1.82) is 0 Å². The molecule has 2 rings (SSSR count). The summed E-state index contributed by atoms with van der Waals surface area (Å²) in [6, 6.07) is 5.31. The zero-order chi connectivity index (χ0) is 14.0. The van der Waals surface area contributed by atoms with Crippen LogP contribution in [0.3, 0.4) is 0 Å². The minimum absolute atomic E-state index is 0.219. The Balaban J connectivity index is 2.19. The smallest absolute Gasteiger partial charge is 0.267 e. The molecule has 2 aromatic rings. The Morgan fingerprint density at radius 3 is 2.79 bits per heavy atom. The molecule has 0 bridgehead atoms. The number of nitrogens with two attached hydrogens (primary N) is 1. The zero-order valence-electron chi connectivity index (χ0n) is 10.4. The number of methoxy groups -OCH3 is 1. The molecule has 0 saturated carbocycles. The van der Waals surface area contributed by atoms with Crippen molar-refractivity contribution in [3.05, 3.63) is 33.2 Å². The van der Waals surface area contributed by atoms with Crippen LogP contribution in [0.5, 0.6) is 5.75 Å². The van der Waals surface area contributed by atoms with Gasteiger partial charge in [-0.3, -0.25) is 4.79 Å². The molecule has 19 heavy (non-hydrogen) atoms. The van der Waals surface area contributed by atoms with Crippen molar-refractivity contribution in [2.45, 2.75) is 6.92 Å². The minimum Gasteiger partial charge on any atom is -0.496 e. The molecule has 1 heterocycles. The van der Waals surface area contributed by atoms with Crippen LogP contribution in [0.15, 0.2) is 22.7 Å². The Morgan fingerprint density at radius 1 is 1.53 bits per heavy atom. The first-order chi connectivity index (χ1) is 9.01. The van der Waals surface area contributed by atoms with Crippen LogP contribution in [-0.4, -0.2) is 18.0 Å². The summed E-state index contributed by atoms with van der Waals surface area (Å²) in [6.07, 6.45) is 0. The highest BCUT2D eigenvalue weighted by Crippen LogP contribution is 2.28. The zero-order valence-corrected chi connectivity index (χ0v) is 12.8. The fourth-order valence-electron chi connectivity index (χ4n) is 1.56. The van der Waals surface area contributed by atoms with Gasteiger partial charge in [-0.2, -0.15) is 0 Å². The summed E-state index contributed by atoms with van der Waals surface area (Å²) in [5.41, 5.74) is 6.88. The molecule has 0 spiro atoms. The highest BCUT2D eigenvalue weighted by atomic mass is 79.9. The molecule has 0 aliphatic rings. The molecule has 5 nitrogen and oxygen atoms in total. The number of aryl methyl sites for hydroxylation is 1. The number of halogens is 1. The summed E-state index contributed by atoms with van der Waals surface area (Å²) in [7, 11) is 1.59. The Labute approximate surface area is 122 Å². The van der Waals surface area contributed by atoms with Gasteiger partial charge in [0.15, 0.2) is 5.13 Å². The lowest BCUT2D eigenvalue weighted by atomic mass is 10.3. The number of thiazole rings is 1. The van der Waals surface area contributed by atoms with E-state index in [1.54, 1.807) is 32.2 Å². The number of carbonyl (C=O) groups is 1. The molecule has 0 aliphatic carbocycles. The fourth-order valence-corrected chi connectivity index (χ4v) is 2.83. The van der Waals surface area contributed by atoms with Crippen LogP contribution in [0, 0.1) is 6.92 Å². The van der Waals surface area contributed by atoms with Crippen molar-refractivity contribution < 1.29 is 9.53 Å². The number of amides is 1. The molecule has 0 aliphatic heterocycles. The van der Waals surface area contributed by atoms with Gasteiger partial charge in [-0.25, -0.2) is 4.98 Å². The maximum absolute atomic E-state index is 12.1. The van der Waals surface area contributed by atoms with Crippen LogP contribution in [0.25, 0.3) is 0 Å². The van der Waals surface area contributed by atoms with Gasteiger partial charge in [0.2, 0.25) is 0 Å². The van der Waals surface area contributed by atoms with Crippen molar-refractivity contribution in [3.63, 3.8) is 0 Å². The fraction of sp³-hybridized carbons (Fsp3) is 0.167. The van der Waals surface area contributed by atoms with E-state index in [0.29, 0.717) is 27.1 Å². The van der Waals surface area contributed by atoms with E-state index < -0.39 is 0 Å². The molecule has 0 radical (unpaired) electrons. The molecule has 1 amide bonds. The van der Waals surface area contributed by atoms with Crippen molar-refractivity contribution in [1.82, 2.24) is 4.98 Å². The van der Waals surface area contributed by atoms with E-state index in [-0.39, 0.29) is 5.91 Å². The van der Waals surface area contributed by atoms with Crippen LogP contribution in [0.4, 0.5) is 10.8 Å². The Hall–Kier alpha value is -1.60. The molecule has 3 N–H and O–H groups in total. The molecular weight excluding hydrogens is 330 g/mol. The third-order valence-corrected chi connectivity index (χ3v) is 4.03. The molecule has 0 saturated heterocycles. The minimum atomic E-state index is -0.219. The van der Waals surface area contributed by atoms with Gasteiger partial charge in [-0.05, 0) is 41.1 Å². The number of hydrogen-bond donors (Lipinski definition) is 2. The van der Waals surface area contributed by atoms with E-state index in [9.17, 15) is 4.79 Å². The van der Waals surface area contributed by atoms with Gasteiger partial charge in [0.05, 0.1) is 17.3 Å². The predicted octanol–water partition coefficient (Wildman–Crippen LogP) is 3.06. The van der Waals surface area contributed by atoms with Gasteiger partial charge in [-0.15, -0.1) is 0 Å². The lowest BCUT2D eigenvalue weighted by Crippen LogP contribution is -2.11. The number of nitrogens with zero attached hydrogens (tertiary/aromatic N) is 1. The molecule has 0 fully saturated rings. The number of aromatic nitrogens is 1. The second-order valence-electron chi connectivity index (χ2n) is 3.77. The van der Waals surface area contributed by atoms with Gasteiger partial charge in [0, 0.05) is 5.69 Å². The number of nitrogens with one attached hydrogen (secondary N) is 1. The number of carbonyl (C=O) groups excluding carboxylic acids is 1. The summed E-state index contributed by atoms with van der Waals surface area (Å²) in [5, 5.41) is 3.18. The van der Waals surface area contributed by atoms with E-state index in [2.05, 4.69) is 26.2 Å². The third-order valence-electron chi connectivity index (χ3n) is 2.43. The standard InChI is InChI=1S/C12H12BrN3O2S/c1-6-10(19-12(14)15-6)11(17)16-7-3-4-9(18-2)8(13)5-7/h3-5H,1-2H3,(H2,14,15)(H,16,17). The van der Waals surface area contributed by atoms with Crippen LogP contribution in [-0.2, 0) is 0 Å². The summed E-state index contributed by atoms with van der Waals surface area (Å²) in [5.74, 6) is 0.486. The van der Waals surface area contributed by atoms with Gasteiger partial charge in [-0.1, -0.05) is 11.3 Å². The lowest BCUT2D eigenvalue weighted by molar-refractivity contribution is 0.103. The number of nitrogen functional groups attached to an aromatic ring is 1. The molecule has 0 unspecified atom stereocenters. The first-order valence-electron chi connectivity index (χ1n) is 5.39. The maximum Gasteiger partial charge on any atom is 0.267 e. The molecule has 100 valence electrons. The van der Waals surface area contributed by atoms with E-state index in [4.69, 9.17) is 10.5 Å². The van der Waals surface area contributed by atoms with E-state index >= 15 is 0 Å². The topological polar surface area (TPSA) is 77.2 Å². The number of anilines is 2. The Morgan fingerprint density at radius 2 is 2.26 bits per heavy atom. The van der Waals surface area contributed by atoms with Crippen LogP contribution in [0.1, 0.15) is 15.4 Å². The predicted molar refractivity (Wildman–Crippen MR) is 79.9 cm³/mol. The largest absolute Gasteiger partial charge is 0.496 e. The van der Waals surface area contributed by atoms with Crippen LogP contribution >= 0.6 is 27.3 Å². The lowest BCUT2D eigenvalue weighted by Gasteiger charge is -2.07. The molecular formula is C12H12BrN3O2S. The van der Waals surface area contributed by atoms with E-state index in [0.717, 1.165) is 4.47 Å². The quantitative estimate of drug-likeness (QED) is 0.899. The van der Waals surface area contributed by atoms with Crippen molar-refractivity contribution in [2.24, 2.45) is 0 Å². The second kappa shape index (κ2) is 5.58. The van der Waals surface area contributed by atoms with E-state index in [1.165, 1.54) is 11.3 Å². The second-order valence-corrected chi connectivity index (χ2v) is 5.66. The van der Waals surface area contributed by atoms with Gasteiger partial charge in [0.1, 0.15) is 10.6 Å². The van der Waals surface area contributed by atoms with Gasteiger partial charge < -0.3 is 15.8 Å². The van der Waals surface area contributed by atoms with Crippen molar-refractivity contribution in [2.75, 3.05) is 18.2 Å². The van der Waals surface area contributed by atoms with E-state index in [1.807, 2.05) is 0 Å². The molecule has 1 aromatic heterocycles. The number of hydrogen-bond acceptors (Lipinski definition) is 5. The van der Waals surface area contributed by atoms with Crippen LogP contribution < -0.4 is 15.8 Å². The first kappa shape index (κ1) is 13.8. The summed E-state index contributed by atoms with van der Waals surface area (Å²) < 4.78 is 5.90. The molecule has 1 aromatic carbocycles. The summed E-state index contributed by atoms with van der Waals surface area (Å²) >= 11 is 4.54. The average molecular weight is 342 g/mol. The Bertz CT molecular complexity index is 627. The molecule has 0 atom stereocenters. The Kier molecular flexibility index (Phi) is 4.06. The summed E-state index contributed by atoms with van der Waals surface area (Å²) in [4.78, 5) is 16.6. The molecule has 7 heteroatoms. The third kappa shape index (κ3) is 3.05.